The molecule has 2 unspecified atom stereocenters. The standard InChI is InChI=1S/C16H18N2O3/c19-16(20)12-4-3-5-13(10-12)21-15-7-2-1-6-14(15)18-9-8-17-11-18/h3-5,8-11,14-15H,1-2,6-7H2,(H,19,20). The van der Waals surface area contributed by atoms with Crippen LogP contribution in [0.25, 0.3) is 0 Å². The number of carboxylic acid groups (broad SMARTS) is 1. The van der Waals surface area contributed by atoms with E-state index in [1.54, 1.807) is 24.4 Å². The minimum atomic E-state index is -0.935. The van der Waals surface area contributed by atoms with Crippen molar-refractivity contribution in [2.75, 3.05) is 0 Å². The van der Waals surface area contributed by atoms with Crippen LogP contribution < -0.4 is 4.74 Å². The van der Waals surface area contributed by atoms with Crippen LogP contribution in [0.3, 0.4) is 0 Å². The molecule has 3 rings (SSSR count). The van der Waals surface area contributed by atoms with Gasteiger partial charge < -0.3 is 14.4 Å². The van der Waals surface area contributed by atoms with Gasteiger partial charge in [-0.05, 0) is 37.5 Å². The van der Waals surface area contributed by atoms with Crippen molar-refractivity contribution >= 4 is 5.97 Å². The topological polar surface area (TPSA) is 64.3 Å². The number of hydrogen-bond acceptors (Lipinski definition) is 3. The van der Waals surface area contributed by atoms with E-state index in [1.165, 1.54) is 6.42 Å². The lowest BCUT2D eigenvalue weighted by Gasteiger charge is -2.32. The Morgan fingerprint density at radius 3 is 2.95 bits per heavy atom. The highest BCUT2D eigenvalue weighted by Crippen LogP contribution is 2.32. The van der Waals surface area contributed by atoms with Gasteiger partial charge in [0.1, 0.15) is 11.9 Å². The number of rotatable bonds is 4. The van der Waals surface area contributed by atoms with Gasteiger partial charge in [0.15, 0.2) is 0 Å². The zero-order valence-corrected chi connectivity index (χ0v) is 11.7. The van der Waals surface area contributed by atoms with E-state index in [1.807, 2.05) is 18.6 Å². The summed E-state index contributed by atoms with van der Waals surface area (Å²) in [6, 6.07) is 6.94. The number of hydrogen-bond donors (Lipinski definition) is 1. The fourth-order valence-electron chi connectivity index (χ4n) is 2.90. The number of benzene rings is 1. The lowest BCUT2D eigenvalue weighted by Crippen LogP contribution is -2.32. The first-order valence-corrected chi connectivity index (χ1v) is 7.21. The molecule has 0 saturated heterocycles. The minimum Gasteiger partial charge on any atom is -0.488 e. The molecule has 1 fully saturated rings. The van der Waals surface area contributed by atoms with Crippen molar-refractivity contribution in [3.05, 3.63) is 48.5 Å². The predicted molar refractivity (Wildman–Crippen MR) is 77.5 cm³/mol. The van der Waals surface area contributed by atoms with Crippen LogP contribution >= 0.6 is 0 Å². The molecular formula is C16H18N2O3. The van der Waals surface area contributed by atoms with Crippen molar-refractivity contribution in [1.82, 2.24) is 9.55 Å². The molecule has 1 aromatic carbocycles. The molecule has 1 heterocycles. The van der Waals surface area contributed by atoms with Gasteiger partial charge >= 0.3 is 5.97 Å². The second-order valence-corrected chi connectivity index (χ2v) is 5.35. The number of aromatic carboxylic acids is 1. The third-order valence-electron chi connectivity index (χ3n) is 3.94. The van der Waals surface area contributed by atoms with E-state index in [9.17, 15) is 4.79 Å². The highest BCUT2D eigenvalue weighted by atomic mass is 16.5. The minimum absolute atomic E-state index is 0.0528. The molecule has 5 heteroatoms. The quantitative estimate of drug-likeness (QED) is 0.937. The molecule has 2 atom stereocenters. The number of ether oxygens (including phenoxy) is 1. The van der Waals surface area contributed by atoms with E-state index < -0.39 is 5.97 Å². The highest BCUT2D eigenvalue weighted by Gasteiger charge is 2.28. The van der Waals surface area contributed by atoms with Gasteiger partial charge in [-0.25, -0.2) is 9.78 Å². The first kappa shape index (κ1) is 13.7. The molecule has 1 aromatic heterocycles. The Morgan fingerprint density at radius 1 is 1.33 bits per heavy atom. The van der Waals surface area contributed by atoms with E-state index in [0.717, 1.165) is 19.3 Å². The summed E-state index contributed by atoms with van der Waals surface area (Å²) in [4.78, 5) is 15.1. The zero-order valence-electron chi connectivity index (χ0n) is 11.7. The molecular weight excluding hydrogens is 268 g/mol. The molecule has 0 aliphatic heterocycles. The summed E-state index contributed by atoms with van der Waals surface area (Å²) in [5.41, 5.74) is 0.252. The van der Waals surface area contributed by atoms with Gasteiger partial charge in [0.2, 0.25) is 0 Å². The third-order valence-corrected chi connectivity index (χ3v) is 3.94. The number of nitrogens with zero attached hydrogens (tertiary/aromatic N) is 2. The lowest BCUT2D eigenvalue weighted by molar-refractivity contribution is 0.0694. The predicted octanol–water partition coefficient (Wildman–Crippen LogP) is 3.14. The largest absolute Gasteiger partial charge is 0.488 e. The average Bonchev–Trinajstić information content (AvgIpc) is 3.02. The van der Waals surface area contributed by atoms with Crippen molar-refractivity contribution in [1.29, 1.82) is 0 Å². The van der Waals surface area contributed by atoms with Crippen LogP contribution in [-0.4, -0.2) is 26.7 Å². The van der Waals surface area contributed by atoms with E-state index >= 15 is 0 Å². The van der Waals surface area contributed by atoms with E-state index in [0.29, 0.717) is 5.75 Å². The Bertz CT molecular complexity index is 610. The van der Waals surface area contributed by atoms with Crippen molar-refractivity contribution in [2.24, 2.45) is 0 Å². The van der Waals surface area contributed by atoms with E-state index in [-0.39, 0.29) is 17.7 Å². The summed E-state index contributed by atoms with van der Waals surface area (Å²) in [7, 11) is 0. The van der Waals surface area contributed by atoms with Gasteiger partial charge in [-0.15, -0.1) is 0 Å². The Labute approximate surface area is 123 Å². The Balaban J connectivity index is 1.78. The Morgan fingerprint density at radius 2 is 2.19 bits per heavy atom. The molecule has 21 heavy (non-hydrogen) atoms. The van der Waals surface area contributed by atoms with Crippen LogP contribution in [0.2, 0.25) is 0 Å². The van der Waals surface area contributed by atoms with Crippen LogP contribution in [0.4, 0.5) is 0 Å². The number of aromatic nitrogens is 2. The molecule has 0 bridgehead atoms. The second-order valence-electron chi connectivity index (χ2n) is 5.35. The second kappa shape index (κ2) is 5.99. The summed E-state index contributed by atoms with van der Waals surface area (Å²) in [5.74, 6) is -0.317. The summed E-state index contributed by atoms with van der Waals surface area (Å²) in [5, 5.41) is 9.05. The third kappa shape index (κ3) is 3.07. The van der Waals surface area contributed by atoms with Crippen LogP contribution in [0.1, 0.15) is 42.1 Å². The van der Waals surface area contributed by atoms with Gasteiger partial charge in [-0.1, -0.05) is 12.5 Å². The maximum atomic E-state index is 11.0. The molecule has 5 nitrogen and oxygen atoms in total. The van der Waals surface area contributed by atoms with Gasteiger partial charge in [-0.3, -0.25) is 0 Å². The van der Waals surface area contributed by atoms with E-state index in [2.05, 4.69) is 9.55 Å². The number of carboxylic acids is 1. The Kier molecular flexibility index (Phi) is 3.90. The van der Waals surface area contributed by atoms with Gasteiger partial charge in [-0.2, -0.15) is 0 Å². The molecule has 1 aliphatic rings. The van der Waals surface area contributed by atoms with Crippen LogP contribution in [0.5, 0.6) is 5.75 Å². The summed E-state index contributed by atoms with van der Waals surface area (Å²) >= 11 is 0. The molecule has 1 N–H and O–H groups in total. The number of imidazole rings is 1. The zero-order chi connectivity index (χ0) is 14.7. The van der Waals surface area contributed by atoms with Crippen LogP contribution in [-0.2, 0) is 0 Å². The van der Waals surface area contributed by atoms with Crippen molar-refractivity contribution in [2.45, 2.75) is 37.8 Å². The van der Waals surface area contributed by atoms with Gasteiger partial charge in [0.25, 0.3) is 0 Å². The maximum Gasteiger partial charge on any atom is 0.335 e. The average molecular weight is 286 g/mol. The normalized spacial score (nSPS) is 21.9. The Hall–Kier alpha value is -2.30. The van der Waals surface area contributed by atoms with Crippen LogP contribution in [0, 0.1) is 0 Å². The van der Waals surface area contributed by atoms with E-state index in [4.69, 9.17) is 9.84 Å². The van der Waals surface area contributed by atoms with Crippen molar-refractivity contribution in [3.63, 3.8) is 0 Å². The fraction of sp³-hybridized carbons (Fsp3) is 0.375. The SMILES string of the molecule is O=C(O)c1cccc(OC2CCCCC2n2ccnc2)c1. The van der Waals surface area contributed by atoms with Crippen LogP contribution in [0.15, 0.2) is 43.0 Å². The van der Waals surface area contributed by atoms with Crippen molar-refractivity contribution < 1.29 is 14.6 Å². The summed E-state index contributed by atoms with van der Waals surface area (Å²) in [6.45, 7) is 0. The summed E-state index contributed by atoms with van der Waals surface area (Å²) < 4.78 is 8.16. The molecule has 0 spiro atoms. The smallest absolute Gasteiger partial charge is 0.335 e. The lowest BCUT2D eigenvalue weighted by atomic mass is 9.92. The van der Waals surface area contributed by atoms with Gasteiger partial charge in [0.05, 0.1) is 17.9 Å². The number of carbonyl (C=O) groups is 1. The van der Waals surface area contributed by atoms with Gasteiger partial charge in [0, 0.05) is 12.4 Å². The first-order valence-electron chi connectivity index (χ1n) is 7.21. The molecule has 2 aromatic rings. The van der Waals surface area contributed by atoms with Crippen molar-refractivity contribution in [3.8, 4) is 5.75 Å². The first-order chi connectivity index (χ1) is 10.2. The summed E-state index contributed by atoms with van der Waals surface area (Å²) in [6.07, 6.45) is 9.94. The molecule has 1 saturated carbocycles. The molecule has 110 valence electrons. The molecule has 0 radical (unpaired) electrons. The fourth-order valence-corrected chi connectivity index (χ4v) is 2.90. The molecule has 1 aliphatic carbocycles. The molecule has 0 amide bonds. The highest BCUT2D eigenvalue weighted by molar-refractivity contribution is 5.87. The maximum absolute atomic E-state index is 11.0. The monoisotopic (exact) mass is 286 g/mol.